The van der Waals surface area contributed by atoms with Crippen molar-refractivity contribution in [1.29, 1.82) is 0 Å². The molecule has 2 N–H and O–H groups in total. The number of hydrogen-bond donors (Lipinski definition) is 2. The van der Waals surface area contributed by atoms with E-state index < -0.39 is 0 Å². The first-order valence-corrected chi connectivity index (χ1v) is 5.98. The molecule has 0 atom stereocenters. The van der Waals surface area contributed by atoms with Gasteiger partial charge >= 0.3 is 0 Å². The molecule has 0 radical (unpaired) electrons. The van der Waals surface area contributed by atoms with Gasteiger partial charge in [-0.15, -0.1) is 0 Å². The lowest BCUT2D eigenvalue weighted by Gasteiger charge is -2.00. The predicted molar refractivity (Wildman–Crippen MR) is 75.5 cm³/mol. The van der Waals surface area contributed by atoms with Crippen molar-refractivity contribution in [2.24, 2.45) is 5.10 Å². The highest BCUT2D eigenvalue weighted by atomic mass is 79.9. The molecule has 1 rings (SSSR count). The van der Waals surface area contributed by atoms with Crippen LogP contribution in [-0.4, -0.2) is 17.2 Å². The minimum atomic E-state index is -0.318. The van der Waals surface area contributed by atoms with Crippen molar-refractivity contribution in [3.8, 4) is 5.75 Å². The number of carbonyl (C=O) groups excluding carboxylic acids is 1. The van der Waals surface area contributed by atoms with E-state index in [0.29, 0.717) is 10.0 Å². The van der Waals surface area contributed by atoms with Crippen molar-refractivity contribution < 1.29 is 9.90 Å². The third-order valence-corrected chi connectivity index (χ3v) is 2.78. The number of halogens is 1. The lowest BCUT2D eigenvalue weighted by molar-refractivity contribution is -0.117. The average molecular weight is 309 g/mol. The lowest BCUT2D eigenvalue weighted by atomic mass is 10.2. The van der Waals surface area contributed by atoms with Gasteiger partial charge < -0.3 is 5.11 Å². The number of benzene rings is 1. The number of aromatic hydroxyl groups is 1. The molecule has 0 spiro atoms. The maximum Gasteiger partial charge on any atom is 0.271 e. The predicted octanol–water partition coefficient (Wildman–Crippen LogP) is 2.74. The van der Waals surface area contributed by atoms with E-state index in [1.165, 1.54) is 18.4 Å². The highest BCUT2D eigenvalue weighted by Crippen LogP contribution is 2.23. The number of phenolic OH excluding ortho intramolecular Hbond substituents is 1. The maximum atomic E-state index is 11.5. The Bertz CT molecular complexity index is 522. The number of nitrogens with zero attached hydrogens (tertiary/aromatic N) is 1. The second-order valence-corrected chi connectivity index (χ2v) is 4.21. The molecule has 0 aliphatic carbocycles. The summed E-state index contributed by atoms with van der Waals surface area (Å²) in [6, 6.07) is 4.91. The number of amides is 1. The lowest BCUT2D eigenvalue weighted by Crippen LogP contribution is -2.18. The normalized spacial score (nSPS) is 11.6. The molecule has 0 heterocycles. The number of rotatable bonds is 4. The second kappa shape index (κ2) is 6.76. The van der Waals surface area contributed by atoms with Crippen molar-refractivity contribution in [3.05, 3.63) is 52.5 Å². The molecule has 0 unspecified atom stereocenters. The van der Waals surface area contributed by atoms with Crippen LogP contribution in [0.15, 0.2) is 52.1 Å². The maximum absolute atomic E-state index is 11.5. The van der Waals surface area contributed by atoms with Crippen molar-refractivity contribution >= 4 is 28.1 Å². The summed E-state index contributed by atoms with van der Waals surface area (Å²) in [6.45, 7) is 5.27. The Labute approximate surface area is 114 Å². The number of hydrogen-bond acceptors (Lipinski definition) is 3. The number of carbonyl (C=O) groups is 1. The van der Waals surface area contributed by atoms with Crippen LogP contribution >= 0.6 is 15.9 Å². The standard InChI is InChI=1S/C13H13BrN2O2/c1-3-10(4-2)13(18)16-15-8-9-5-6-12(17)11(14)7-9/h3-8,17H,1H2,2H3,(H,16,18)/b10-4+,15-8+. The second-order valence-electron chi connectivity index (χ2n) is 3.36. The Kier molecular flexibility index (Phi) is 5.32. The summed E-state index contributed by atoms with van der Waals surface area (Å²) in [6.07, 6.45) is 4.59. The molecule has 0 aromatic heterocycles. The first-order chi connectivity index (χ1) is 8.58. The summed E-state index contributed by atoms with van der Waals surface area (Å²) in [4.78, 5) is 11.5. The molecule has 0 saturated carbocycles. The molecule has 4 nitrogen and oxygen atoms in total. The van der Waals surface area contributed by atoms with E-state index in [4.69, 9.17) is 0 Å². The Balaban J connectivity index is 2.68. The summed E-state index contributed by atoms with van der Waals surface area (Å²) in [7, 11) is 0. The highest BCUT2D eigenvalue weighted by molar-refractivity contribution is 9.10. The van der Waals surface area contributed by atoms with Crippen molar-refractivity contribution in [2.45, 2.75) is 6.92 Å². The molecule has 0 aliphatic heterocycles. The van der Waals surface area contributed by atoms with E-state index in [-0.39, 0.29) is 11.7 Å². The van der Waals surface area contributed by atoms with E-state index >= 15 is 0 Å². The zero-order valence-electron chi connectivity index (χ0n) is 9.85. The van der Waals surface area contributed by atoms with Crippen LogP contribution in [0.25, 0.3) is 0 Å². The van der Waals surface area contributed by atoms with Crippen LogP contribution < -0.4 is 5.43 Å². The van der Waals surface area contributed by atoms with Gasteiger partial charge in [0.15, 0.2) is 0 Å². The van der Waals surface area contributed by atoms with Gasteiger partial charge in [0.25, 0.3) is 5.91 Å². The van der Waals surface area contributed by atoms with Crippen LogP contribution in [0.5, 0.6) is 5.75 Å². The average Bonchev–Trinajstić information content (AvgIpc) is 2.35. The minimum Gasteiger partial charge on any atom is -0.507 e. The Morgan fingerprint density at radius 2 is 2.28 bits per heavy atom. The van der Waals surface area contributed by atoms with Gasteiger partial charge in [-0.1, -0.05) is 18.7 Å². The topological polar surface area (TPSA) is 61.7 Å². The number of hydrazone groups is 1. The van der Waals surface area contributed by atoms with Crippen LogP contribution in [0.1, 0.15) is 12.5 Å². The number of allylic oxidation sites excluding steroid dienone is 1. The SMILES string of the molecule is C=C/C(=C\C)C(=O)N/N=C/c1ccc(O)c(Br)c1. The van der Waals surface area contributed by atoms with Crippen molar-refractivity contribution in [2.75, 3.05) is 0 Å². The zero-order chi connectivity index (χ0) is 13.5. The smallest absolute Gasteiger partial charge is 0.271 e. The molecule has 0 fully saturated rings. The Hall–Kier alpha value is -1.88. The van der Waals surface area contributed by atoms with Crippen LogP contribution in [0.3, 0.4) is 0 Å². The molecule has 0 bridgehead atoms. The summed E-state index contributed by atoms with van der Waals surface area (Å²) in [5.41, 5.74) is 3.59. The molecule has 0 aliphatic rings. The van der Waals surface area contributed by atoms with Gasteiger partial charge in [-0.3, -0.25) is 4.79 Å². The molecule has 0 saturated heterocycles. The molecule has 94 valence electrons. The van der Waals surface area contributed by atoms with Gasteiger partial charge in [0, 0.05) is 5.57 Å². The third kappa shape index (κ3) is 3.85. The van der Waals surface area contributed by atoms with Gasteiger partial charge in [0.2, 0.25) is 0 Å². The zero-order valence-corrected chi connectivity index (χ0v) is 11.4. The van der Waals surface area contributed by atoms with E-state index in [0.717, 1.165) is 5.56 Å². The van der Waals surface area contributed by atoms with Crippen LogP contribution in [-0.2, 0) is 4.79 Å². The molecule has 1 amide bonds. The van der Waals surface area contributed by atoms with Gasteiger partial charge in [-0.25, -0.2) is 5.43 Å². The van der Waals surface area contributed by atoms with Gasteiger partial charge in [0.05, 0.1) is 10.7 Å². The molecule has 1 aromatic rings. The third-order valence-electron chi connectivity index (χ3n) is 2.14. The first-order valence-electron chi connectivity index (χ1n) is 5.19. The van der Waals surface area contributed by atoms with Crippen LogP contribution in [0.2, 0.25) is 0 Å². The molecular weight excluding hydrogens is 296 g/mol. The summed E-state index contributed by atoms with van der Waals surface area (Å²) in [5.74, 6) is -0.166. The van der Waals surface area contributed by atoms with E-state index in [2.05, 4.69) is 33.0 Å². The fraction of sp³-hybridized carbons (Fsp3) is 0.0769. The van der Waals surface area contributed by atoms with Gasteiger partial charge in [0.1, 0.15) is 5.75 Å². The Morgan fingerprint density at radius 3 is 2.83 bits per heavy atom. The van der Waals surface area contributed by atoms with Crippen LogP contribution in [0, 0.1) is 0 Å². The Morgan fingerprint density at radius 1 is 1.56 bits per heavy atom. The first kappa shape index (κ1) is 14.2. The largest absolute Gasteiger partial charge is 0.507 e. The highest BCUT2D eigenvalue weighted by Gasteiger charge is 2.02. The number of nitrogens with one attached hydrogen (secondary N) is 1. The molecule has 1 aromatic carbocycles. The minimum absolute atomic E-state index is 0.152. The monoisotopic (exact) mass is 308 g/mol. The van der Waals surface area contributed by atoms with Gasteiger partial charge in [-0.05, 0) is 46.6 Å². The molecule has 18 heavy (non-hydrogen) atoms. The van der Waals surface area contributed by atoms with E-state index in [1.807, 2.05) is 0 Å². The van der Waals surface area contributed by atoms with E-state index in [1.54, 1.807) is 25.1 Å². The fourth-order valence-corrected chi connectivity index (χ4v) is 1.57. The summed E-state index contributed by atoms with van der Waals surface area (Å²) >= 11 is 3.19. The van der Waals surface area contributed by atoms with Crippen molar-refractivity contribution in [1.82, 2.24) is 5.43 Å². The summed E-state index contributed by atoms with van der Waals surface area (Å²) in [5, 5.41) is 13.1. The van der Waals surface area contributed by atoms with Crippen molar-refractivity contribution in [3.63, 3.8) is 0 Å². The fourth-order valence-electron chi connectivity index (χ4n) is 1.18. The van der Waals surface area contributed by atoms with Gasteiger partial charge in [-0.2, -0.15) is 5.10 Å². The number of phenols is 1. The molecular formula is C13H13BrN2O2. The van der Waals surface area contributed by atoms with E-state index in [9.17, 15) is 9.90 Å². The quantitative estimate of drug-likeness (QED) is 0.389. The molecule has 5 heteroatoms. The summed E-state index contributed by atoms with van der Waals surface area (Å²) < 4.78 is 0.568. The van der Waals surface area contributed by atoms with Crippen LogP contribution in [0.4, 0.5) is 0 Å².